The fourth-order valence-electron chi connectivity index (χ4n) is 2.37. The molecule has 1 atom stereocenters. The van der Waals surface area contributed by atoms with Crippen molar-refractivity contribution >= 4 is 16.8 Å². The number of fused-ring (bicyclic) bond motifs is 1. The SMILES string of the molecule is CC(CNC1CC1)Cn1c(=O)oc2ccc([N+](=O)[O-])cc21. The maximum absolute atomic E-state index is 11.9. The lowest BCUT2D eigenvalue weighted by molar-refractivity contribution is -0.384. The van der Waals surface area contributed by atoms with Gasteiger partial charge in [0, 0.05) is 24.7 Å². The quantitative estimate of drug-likeness (QED) is 0.648. The Labute approximate surface area is 120 Å². The van der Waals surface area contributed by atoms with Crippen LogP contribution in [0, 0.1) is 16.0 Å². The van der Waals surface area contributed by atoms with Crippen LogP contribution in [0.4, 0.5) is 5.69 Å². The number of aromatic nitrogens is 1. The van der Waals surface area contributed by atoms with Crippen molar-refractivity contribution in [3.63, 3.8) is 0 Å². The van der Waals surface area contributed by atoms with Gasteiger partial charge in [0.2, 0.25) is 0 Å². The van der Waals surface area contributed by atoms with E-state index in [-0.39, 0.29) is 11.6 Å². The zero-order chi connectivity index (χ0) is 15.0. The first kappa shape index (κ1) is 13.8. The molecule has 2 aromatic rings. The minimum atomic E-state index is -0.473. The van der Waals surface area contributed by atoms with Crippen LogP contribution in [-0.2, 0) is 6.54 Å². The minimum absolute atomic E-state index is 0.0409. The maximum atomic E-state index is 11.9. The molecule has 1 aliphatic rings. The van der Waals surface area contributed by atoms with Crippen molar-refractivity contribution in [1.29, 1.82) is 0 Å². The lowest BCUT2D eigenvalue weighted by Crippen LogP contribution is -2.28. The molecular weight excluding hydrogens is 274 g/mol. The van der Waals surface area contributed by atoms with Crippen LogP contribution >= 0.6 is 0 Å². The number of nitrogens with zero attached hydrogens (tertiary/aromatic N) is 2. The monoisotopic (exact) mass is 291 g/mol. The Morgan fingerprint density at radius 3 is 2.95 bits per heavy atom. The van der Waals surface area contributed by atoms with Gasteiger partial charge < -0.3 is 9.73 Å². The summed E-state index contributed by atoms with van der Waals surface area (Å²) in [4.78, 5) is 22.3. The van der Waals surface area contributed by atoms with Crippen LogP contribution < -0.4 is 11.1 Å². The van der Waals surface area contributed by atoms with Crippen LogP contribution in [0.15, 0.2) is 27.4 Å². The molecule has 7 nitrogen and oxygen atoms in total. The van der Waals surface area contributed by atoms with E-state index in [4.69, 9.17) is 4.42 Å². The Hall–Kier alpha value is -2.15. The first-order chi connectivity index (χ1) is 10.0. The molecule has 1 unspecified atom stereocenters. The Balaban J connectivity index is 1.85. The van der Waals surface area contributed by atoms with Gasteiger partial charge in [-0.2, -0.15) is 0 Å². The lowest BCUT2D eigenvalue weighted by Gasteiger charge is -2.12. The molecule has 0 aliphatic heterocycles. The molecule has 0 radical (unpaired) electrons. The van der Waals surface area contributed by atoms with Gasteiger partial charge in [0.25, 0.3) is 5.69 Å². The molecule has 21 heavy (non-hydrogen) atoms. The van der Waals surface area contributed by atoms with Crippen molar-refractivity contribution in [1.82, 2.24) is 9.88 Å². The Kier molecular flexibility index (Phi) is 3.50. The van der Waals surface area contributed by atoms with E-state index in [1.807, 2.05) is 6.92 Å². The lowest BCUT2D eigenvalue weighted by atomic mass is 10.1. The summed E-state index contributed by atoms with van der Waals surface area (Å²) in [6.07, 6.45) is 2.43. The molecule has 1 fully saturated rings. The van der Waals surface area contributed by atoms with Gasteiger partial charge in [-0.1, -0.05) is 6.92 Å². The molecule has 1 heterocycles. The summed E-state index contributed by atoms with van der Waals surface area (Å²) in [6.45, 7) is 3.34. The van der Waals surface area contributed by atoms with Crippen LogP contribution in [0.3, 0.4) is 0 Å². The fraction of sp³-hybridized carbons (Fsp3) is 0.500. The van der Waals surface area contributed by atoms with Gasteiger partial charge >= 0.3 is 5.76 Å². The van der Waals surface area contributed by atoms with Crippen molar-refractivity contribution in [3.05, 3.63) is 38.9 Å². The van der Waals surface area contributed by atoms with Crippen LogP contribution in [0.2, 0.25) is 0 Å². The van der Waals surface area contributed by atoms with Crippen LogP contribution in [0.25, 0.3) is 11.1 Å². The Bertz CT molecular complexity index is 729. The van der Waals surface area contributed by atoms with Gasteiger partial charge in [0.1, 0.15) is 0 Å². The Morgan fingerprint density at radius 2 is 2.29 bits per heavy atom. The van der Waals surface area contributed by atoms with E-state index in [0.29, 0.717) is 23.7 Å². The molecule has 1 aliphatic carbocycles. The smallest absolute Gasteiger partial charge is 0.408 e. The van der Waals surface area contributed by atoms with Crippen molar-refractivity contribution in [2.24, 2.45) is 5.92 Å². The van der Waals surface area contributed by atoms with Gasteiger partial charge in [-0.3, -0.25) is 14.7 Å². The topological polar surface area (TPSA) is 90.3 Å². The second-order valence-corrected chi connectivity index (χ2v) is 5.68. The van der Waals surface area contributed by atoms with E-state index in [1.54, 1.807) is 0 Å². The zero-order valence-corrected chi connectivity index (χ0v) is 11.7. The number of hydrogen-bond acceptors (Lipinski definition) is 5. The summed E-state index contributed by atoms with van der Waals surface area (Å²) < 4.78 is 6.61. The van der Waals surface area contributed by atoms with Crippen molar-refractivity contribution < 1.29 is 9.34 Å². The van der Waals surface area contributed by atoms with E-state index >= 15 is 0 Å². The van der Waals surface area contributed by atoms with Gasteiger partial charge in [0.05, 0.1) is 10.4 Å². The van der Waals surface area contributed by atoms with E-state index in [1.165, 1.54) is 35.6 Å². The number of nitro benzene ring substituents is 1. The number of oxazole rings is 1. The van der Waals surface area contributed by atoms with E-state index in [2.05, 4.69) is 5.32 Å². The van der Waals surface area contributed by atoms with Crippen LogP contribution in [0.1, 0.15) is 19.8 Å². The van der Waals surface area contributed by atoms with Gasteiger partial charge in [-0.15, -0.1) is 0 Å². The standard InChI is InChI=1S/C14H17N3O4/c1-9(7-15-10-2-3-10)8-16-12-6-11(17(19)20)4-5-13(12)21-14(16)18/h4-6,9-10,15H,2-3,7-8H2,1H3. The normalized spacial score (nSPS) is 16.2. The van der Waals surface area contributed by atoms with Crippen molar-refractivity contribution in [2.75, 3.05) is 6.54 Å². The molecule has 0 amide bonds. The minimum Gasteiger partial charge on any atom is -0.408 e. The molecule has 0 spiro atoms. The summed E-state index contributed by atoms with van der Waals surface area (Å²) in [5.41, 5.74) is 0.821. The number of nitro groups is 1. The van der Waals surface area contributed by atoms with E-state index < -0.39 is 10.7 Å². The van der Waals surface area contributed by atoms with E-state index in [9.17, 15) is 14.9 Å². The fourth-order valence-corrected chi connectivity index (χ4v) is 2.37. The molecular formula is C14H17N3O4. The summed E-state index contributed by atoms with van der Waals surface area (Å²) >= 11 is 0. The highest BCUT2D eigenvalue weighted by molar-refractivity contribution is 5.75. The Morgan fingerprint density at radius 1 is 1.52 bits per heavy atom. The molecule has 112 valence electrons. The average Bonchev–Trinajstić information content (AvgIpc) is 3.22. The van der Waals surface area contributed by atoms with Gasteiger partial charge in [-0.05, 0) is 31.4 Å². The van der Waals surface area contributed by atoms with Crippen LogP contribution in [0.5, 0.6) is 0 Å². The number of hydrogen-bond donors (Lipinski definition) is 1. The van der Waals surface area contributed by atoms with Crippen LogP contribution in [-0.4, -0.2) is 22.1 Å². The second-order valence-electron chi connectivity index (χ2n) is 5.68. The highest BCUT2D eigenvalue weighted by atomic mass is 16.6. The number of rotatable bonds is 6. The maximum Gasteiger partial charge on any atom is 0.419 e. The molecule has 1 saturated carbocycles. The van der Waals surface area contributed by atoms with Gasteiger partial charge in [-0.25, -0.2) is 4.79 Å². The molecule has 0 bridgehead atoms. The average molecular weight is 291 g/mol. The summed E-state index contributed by atoms with van der Waals surface area (Å²) in [7, 11) is 0. The van der Waals surface area contributed by atoms with Crippen molar-refractivity contribution in [2.45, 2.75) is 32.4 Å². The third-order valence-corrected chi connectivity index (χ3v) is 3.69. The van der Waals surface area contributed by atoms with Gasteiger partial charge in [0.15, 0.2) is 5.58 Å². The summed E-state index contributed by atoms with van der Waals surface area (Å²) in [5, 5.41) is 14.3. The largest absolute Gasteiger partial charge is 0.419 e. The van der Waals surface area contributed by atoms with Crippen molar-refractivity contribution in [3.8, 4) is 0 Å². The first-order valence-corrected chi connectivity index (χ1v) is 7.06. The highest BCUT2D eigenvalue weighted by Gasteiger charge is 2.21. The molecule has 1 aromatic carbocycles. The number of non-ortho nitro benzene ring substituents is 1. The number of nitrogens with one attached hydrogen (secondary N) is 1. The third-order valence-electron chi connectivity index (χ3n) is 3.69. The molecule has 7 heteroatoms. The second kappa shape index (κ2) is 5.33. The molecule has 3 rings (SSSR count). The zero-order valence-electron chi connectivity index (χ0n) is 11.7. The first-order valence-electron chi connectivity index (χ1n) is 7.06. The summed E-state index contributed by atoms with van der Waals surface area (Å²) in [6, 6.07) is 4.82. The molecule has 0 saturated heterocycles. The molecule has 1 aromatic heterocycles. The van der Waals surface area contributed by atoms with E-state index in [0.717, 1.165) is 6.54 Å². The highest BCUT2D eigenvalue weighted by Crippen LogP contribution is 2.21. The number of benzene rings is 1. The predicted octanol–water partition coefficient (Wildman–Crippen LogP) is 1.89. The molecule has 1 N–H and O–H groups in total. The third kappa shape index (κ3) is 2.97. The summed E-state index contributed by atoms with van der Waals surface area (Å²) in [5.74, 6) is -0.230. The predicted molar refractivity (Wildman–Crippen MR) is 77.3 cm³/mol.